The van der Waals surface area contributed by atoms with Crippen molar-refractivity contribution in [2.45, 2.75) is 32.3 Å². The van der Waals surface area contributed by atoms with E-state index in [1.165, 1.54) is 17.7 Å². The van der Waals surface area contributed by atoms with Gasteiger partial charge in [-0.2, -0.15) is 0 Å². The Balaban J connectivity index is 0.00000288. The zero-order valence-electron chi connectivity index (χ0n) is 14.6. The van der Waals surface area contributed by atoms with Crippen LogP contribution in [0.15, 0.2) is 22.5 Å². The number of halogens is 1. The smallest absolute Gasteiger partial charge is 0.193 e. The molecule has 0 aliphatic heterocycles. The monoisotopic (exact) mass is 467 g/mol. The van der Waals surface area contributed by atoms with Crippen molar-refractivity contribution in [3.05, 3.63) is 22.4 Å². The van der Waals surface area contributed by atoms with Gasteiger partial charge in [-0.05, 0) is 43.6 Å². The summed E-state index contributed by atoms with van der Waals surface area (Å²) < 4.78 is 5.52. The number of guanidine groups is 1. The molecule has 2 rings (SSSR count). The van der Waals surface area contributed by atoms with Gasteiger partial charge in [0.25, 0.3) is 0 Å². The van der Waals surface area contributed by atoms with Gasteiger partial charge in [0, 0.05) is 31.6 Å². The molecule has 1 aliphatic rings. The lowest BCUT2D eigenvalue weighted by atomic mass is 10.3. The van der Waals surface area contributed by atoms with E-state index in [4.69, 9.17) is 4.74 Å². The van der Waals surface area contributed by atoms with Crippen LogP contribution in [0.1, 0.15) is 24.6 Å². The van der Waals surface area contributed by atoms with Gasteiger partial charge < -0.3 is 20.1 Å². The van der Waals surface area contributed by atoms with Gasteiger partial charge in [0.2, 0.25) is 0 Å². The van der Waals surface area contributed by atoms with E-state index in [1.807, 2.05) is 7.05 Å². The molecule has 1 atom stereocenters. The average Bonchev–Trinajstić information content (AvgIpc) is 3.21. The van der Waals surface area contributed by atoms with Crippen LogP contribution in [0.3, 0.4) is 0 Å². The fraction of sp³-hybridized carbons (Fsp3) is 0.706. The second-order valence-corrected chi connectivity index (χ2v) is 7.11. The van der Waals surface area contributed by atoms with Crippen molar-refractivity contribution >= 4 is 41.3 Å². The molecule has 1 saturated carbocycles. The third-order valence-corrected chi connectivity index (χ3v) is 4.72. The quantitative estimate of drug-likeness (QED) is 0.316. The molecule has 138 valence electrons. The zero-order chi connectivity index (χ0) is 16.5. The number of nitrogens with zero attached hydrogens (tertiary/aromatic N) is 2. The summed E-state index contributed by atoms with van der Waals surface area (Å²) in [4.78, 5) is 8.02. The van der Waals surface area contributed by atoms with Crippen molar-refractivity contribution in [1.82, 2.24) is 10.2 Å². The minimum Gasteiger partial charge on any atom is -0.389 e. The number of thiophene rings is 1. The molecule has 0 bridgehead atoms. The van der Waals surface area contributed by atoms with Gasteiger partial charge in [-0.3, -0.25) is 4.99 Å². The van der Waals surface area contributed by atoms with Crippen LogP contribution in [0, 0.1) is 5.92 Å². The average molecular weight is 467 g/mol. The third kappa shape index (κ3) is 8.64. The second-order valence-electron chi connectivity index (χ2n) is 6.08. The van der Waals surface area contributed by atoms with Crippen LogP contribution in [-0.4, -0.2) is 62.0 Å². The number of likely N-dealkylation sites (N-methyl/N-ethyl adjacent to an activating group) is 1. The number of ether oxygens (including phenoxy) is 1. The van der Waals surface area contributed by atoms with Crippen LogP contribution in [-0.2, 0) is 11.2 Å². The van der Waals surface area contributed by atoms with Gasteiger partial charge in [-0.15, -0.1) is 35.3 Å². The van der Waals surface area contributed by atoms with Crippen molar-refractivity contribution in [3.63, 3.8) is 0 Å². The summed E-state index contributed by atoms with van der Waals surface area (Å²) in [6.07, 6.45) is 3.01. The molecule has 7 heteroatoms. The first-order valence-electron chi connectivity index (χ1n) is 8.46. The molecule has 0 amide bonds. The molecule has 2 N–H and O–H groups in total. The highest BCUT2D eigenvalue weighted by molar-refractivity contribution is 14.0. The van der Waals surface area contributed by atoms with Gasteiger partial charge in [0.05, 0.1) is 19.3 Å². The van der Waals surface area contributed by atoms with Gasteiger partial charge in [-0.25, -0.2) is 0 Å². The van der Waals surface area contributed by atoms with E-state index in [0.717, 1.165) is 38.0 Å². The lowest BCUT2D eigenvalue weighted by Crippen LogP contribution is -2.40. The summed E-state index contributed by atoms with van der Waals surface area (Å²) in [6, 6.07) is 4.24. The van der Waals surface area contributed by atoms with E-state index < -0.39 is 6.10 Å². The highest BCUT2D eigenvalue weighted by atomic mass is 127. The first kappa shape index (κ1) is 21.7. The molecule has 0 saturated heterocycles. The lowest BCUT2D eigenvalue weighted by Gasteiger charge is -2.22. The fourth-order valence-electron chi connectivity index (χ4n) is 2.21. The first-order chi connectivity index (χ1) is 11.2. The highest BCUT2D eigenvalue weighted by Gasteiger charge is 2.21. The number of nitrogens with one attached hydrogen (secondary N) is 1. The van der Waals surface area contributed by atoms with Crippen LogP contribution < -0.4 is 5.32 Å². The van der Waals surface area contributed by atoms with E-state index in [1.54, 1.807) is 11.3 Å². The van der Waals surface area contributed by atoms with E-state index in [0.29, 0.717) is 13.2 Å². The molecular weight excluding hydrogens is 437 g/mol. The van der Waals surface area contributed by atoms with E-state index in [-0.39, 0.29) is 24.0 Å². The summed E-state index contributed by atoms with van der Waals surface area (Å²) in [5.41, 5.74) is 0. The van der Waals surface area contributed by atoms with E-state index in [2.05, 4.69) is 39.6 Å². The molecule has 0 aromatic carbocycles. The number of hydrogen-bond donors (Lipinski definition) is 2. The van der Waals surface area contributed by atoms with E-state index in [9.17, 15) is 5.11 Å². The van der Waals surface area contributed by atoms with Crippen LogP contribution in [0.4, 0.5) is 0 Å². The Morgan fingerprint density at radius 3 is 2.96 bits per heavy atom. The Morgan fingerprint density at radius 2 is 2.33 bits per heavy atom. The molecule has 5 nitrogen and oxygen atoms in total. The molecule has 1 unspecified atom stereocenters. The molecule has 0 spiro atoms. The molecule has 1 fully saturated rings. The van der Waals surface area contributed by atoms with Gasteiger partial charge >= 0.3 is 0 Å². The lowest BCUT2D eigenvalue weighted by molar-refractivity contribution is 0.0367. The predicted octanol–water partition coefficient (Wildman–Crippen LogP) is 2.59. The topological polar surface area (TPSA) is 57.1 Å². The van der Waals surface area contributed by atoms with Gasteiger partial charge in [0.1, 0.15) is 0 Å². The summed E-state index contributed by atoms with van der Waals surface area (Å²) in [5, 5.41) is 15.4. The molecule has 0 radical (unpaired) electrons. The summed E-state index contributed by atoms with van der Waals surface area (Å²) >= 11 is 1.78. The maximum absolute atomic E-state index is 9.98. The van der Waals surface area contributed by atoms with Crippen LogP contribution in [0.25, 0.3) is 0 Å². The van der Waals surface area contributed by atoms with Crippen molar-refractivity contribution in [2.75, 3.05) is 39.9 Å². The van der Waals surface area contributed by atoms with Crippen molar-refractivity contribution in [2.24, 2.45) is 10.9 Å². The maximum atomic E-state index is 9.98. The molecule has 1 heterocycles. The predicted molar refractivity (Wildman–Crippen MR) is 112 cm³/mol. The van der Waals surface area contributed by atoms with Crippen LogP contribution in [0.5, 0.6) is 0 Å². The Bertz CT molecular complexity index is 466. The van der Waals surface area contributed by atoms with E-state index >= 15 is 0 Å². The Hall–Kier alpha value is -0.380. The Kier molecular flexibility index (Phi) is 10.9. The zero-order valence-corrected chi connectivity index (χ0v) is 17.8. The standard InChI is InChI=1S/C17H29N3O2S.HI/c1-3-18-17(20(2)9-8-16-5-4-10-23-16)19-11-15(21)13-22-12-14-6-7-14;/h4-5,10,14-15,21H,3,6-9,11-13H2,1-2H3,(H,18,19);1H. The summed E-state index contributed by atoms with van der Waals surface area (Å²) in [7, 11) is 2.03. The Labute approximate surface area is 166 Å². The number of hydrogen-bond acceptors (Lipinski definition) is 4. The van der Waals surface area contributed by atoms with Crippen molar-refractivity contribution < 1.29 is 9.84 Å². The summed E-state index contributed by atoms with van der Waals surface area (Å²) in [6.45, 7) is 5.30. The second kappa shape index (κ2) is 12.1. The molecular formula is C17H30IN3O2S. The number of aliphatic imine (C=N–C) groups is 1. The number of aliphatic hydroxyl groups is 1. The molecule has 24 heavy (non-hydrogen) atoms. The SMILES string of the molecule is CCNC(=NCC(O)COCC1CC1)N(C)CCc1cccs1.I. The minimum absolute atomic E-state index is 0. The highest BCUT2D eigenvalue weighted by Crippen LogP contribution is 2.28. The normalized spacial score (nSPS) is 15.7. The molecule has 1 aromatic heterocycles. The molecule has 1 aromatic rings. The minimum atomic E-state index is -0.534. The van der Waals surface area contributed by atoms with Crippen LogP contribution >= 0.6 is 35.3 Å². The van der Waals surface area contributed by atoms with Crippen LogP contribution in [0.2, 0.25) is 0 Å². The van der Waals surface area contributed by atoms with Crippen molar-refractivity contribution in [3.8, 4) is 0 Å². The first-order valence-corrected chi connectivity index (χ1v) is 9.34. The summed E-state index contributed by atoms with van der Waals surface area (Å²) in [5.74, 6) is 1.57. The van der Waals surface area contributed by atoms with Gasteiger partial charge in [-0.1, -0.05) is 6.07 Å². The number of rotatable bonds is 10. The third-order valence-electron chi connectivity index (χ3n) is 3.78. The van der Waals surface area contributed by atoms with Gasteiger partial charge in [0.15, 0.2) is 5.96 Å². The number of aliphatic hydroxyl groups excluding tert-OH is 1. The van der Waals surface area contributed by atoms with Crippen molar-refractivity contribution in [1.29, 1.82) is 0 Å². The molecule has 1 aliphatic carbocycles. The Morgan fingerprint density at radius 1 is 1.54 bits per heavy atom. The maximum Gasteiger partial charge on any atom is 0.193 e. The largest absolute Gasteiger partial charge is 0.389 e. The fourth-order valence-corrected chi connectivity index (χ4v) is 2.91.